The number of rotatable bonds is 14. The van der Waals surface area contributed by atoms with E-state index in [9.17, 15) is 8.78 Å². The fourth-order valence-corrected chi connectivity index (χ4v) is 4.44. The molecule has 1 aromatic carbocycles. The van der Waals surface area contributed by atoms with Crippen molar-refractivity contribution in [1.82, 2.24) is 15.6 Å². The lowest BCUT2D eigenvalue weighted by Gasteiger charge is -2.18. The highest BCUT2D eigenvalue weighted by atomic mass is 19.1. The van der Waals surface area contributed by atoms with Crippen molar-refractivity contribution in [3.05, 3.63) is 88.9 Å². The molecule has 0 amide bonds. The Balaban J connectivity index is 1.98. The maximum atomic E-state index is 14.2. The summed E-state index contributed by atoms with van der Waals surface area (Å²) < 4.78 is 27.7. The Morgan fingerprint density at radius 3 is 2.54 bits per heavy atom. The Bertz CT molecular complexity index is 1120. The first-order valence-corrected chi connectivity index (χ1v) is 13.5. The van der Waals surface area contributed by atoms with Crippen LogP contribution in [0, 0.1) is 11.7 Å². The van der Waals surface area contributed by atoms with Crippen LogP contribution in [0.3, 0.4) is 0 Å². The molecule has 1 fully saturated rings. The summed E-state index contributed by atoms with van der Waals surface area (Å²) in [6, 6.07) is 10.9. The molecule has 37 heavy (non-hydrogen) atoms. The van der Waals surface area contributed by atoms with E-state index in [2.05, 4.69) is 49.0 Å². The second-order valence-electron chi connectivity index (χ2n) is 10.6. The summed E-state index contributed by atoms with van der Waals surface area (Å²) >= 11 is 0. The summed E-state index contributed by atoms with van der Waals surface area (Å²) in [5.41, 5.74) is 4.61. The molecule has 4 nitrogen and oxygen atoms in total. The number of nitrogens with zero attached hydrogens (tertiary/aromatic N) is 2. The Kier molecular flexibility index (Phi) is 10.0. The molecule has 6 heteroatoms. The van der Waals surface area contributed by atoms with Gasteiger partial charge in [-0.05, 0) is 102 Å². The summed E-state index contributed by atoms with van der Waals surface area (Å²) in [5, 5.41) is 6.88. The Labute approximate surface area is 221 Å². The van der Waals surface area contributed by atoms with Crippen molar-refractivity contribution in [2.45, 2.75) is 84.9 Å². The van der Waals surface area contributed by atoms with Crippen molar-refractivity contribution in [3.63, 3.8) is 0 Å². The number of halogens is 2. The minimum atomic E-state index is -1.05. The van der Waals surface area contributed by atoms with Crippen LogP contribution in [0.25, 0.3) is 0 Å². The molecule has 2 N–H and O–H groups in total. The van der Waals surface area contributed by atoms with Crippen LogP contribution in [0.4, 0.5) is 8.78 Å². The molecule has 0 aliphatic heterocycles. The van der Waals surface area contributed by atoms with Gasteiger partial charge in [-0.1, -0.05) is 25.6 Å². The van der Waals surface area contributed by atoms with Gasteiger partial charge >= 0.3 is 0 Å². The second kappa shape index (κ2) is 13.0. The molecule has 1 aromatic heterocycles. The normalized spacial score (nSPS) is 20.0. The molecule has 1 saturated carbocycles. The minimum Gasteiger partial charge on any atom is -0.383 e. The number of allylic oxidation sites excluding steroid dienone is 1. The number of aromatic nitrogens is 1. The first-order valence-electron chi connectivity index (χ1n) is 13.5. The predicted octanol–water partition coefficient (Wildman–Crippen LogP) is 7.07. The lowest BCUT2D eigenvalue weighted by atomic mass is 9.98. The number of hydrogen-bond donors (Lipinski definition) is 2. The zero-order valence-electron chi connectivity index (χ0n) is 23.0. The summed E-state index contributed by atoms with van der Waals surface area (Å²) in [6.45, 7) is 15.0. The van der Waals surface area contributed by atoms with Crippen molar-refractivity contribution in [2.75, 3.05) is 6.54 Å². The van der Waals surface area contributed by atoms with E-state index in [1.54, 1.807) is 13.1 Å². The SMILES string of the molecule is C=C(NC(C)C)/C(C)=C(/N=C(CCc1ccc(F)cc1)c1cccnc1CCC1CC1(C)F)NCCC. The van der Waals surface area contributed by atoms with Gasteiger partial charge in [0.15, 0.2) is 0 Å². The Morgan fingerprint density at radius 1 is 1.22 bits per heavy atom. The summed E-state index contributed by atoms with van der Waals surface area (Å²) in [6.07, 6.45) is 6.23. The molecule has 1 aliphatic carbocycles. The number of nitrogens with one attached hydrogen (secondary N) is 2. The van der Waals surface area contributed by atoms with Crippen LogP contribution in [-0.2, 0) is 12.8 Å². The second-order valence-corrected chi connectivity index (χ2v) is 10.6. The summed E-state index contributed by atoms with van der Waals surface area (Å²) in [5.74, 6) is 0.631. The first kappa shape index (κ1) is 28.5. The zero-order valence-corrected chi connectivity index (χ0v) is 23.0. The number of benzene rings is 1. The molecular formula is C31H42F2N4. The van der Waals surface area contributed by atoms with Crippen LogP contribution < -0.4 is 10.6 Å². The maximum Gasteiger partial charge on any atom is 0.131 e. The highest BCUT2D eigenvalue weighted by molar-refractivity contribution is 6.02. The third-order valence-electron chi connectivity index (χ3n) is 6.89. The largest absolute Gasteiger partial charge is 0.383 e. The Morgan fingerprint density at radius 2 is 1.92 bits per heavy atom. The van der Waals surface area contributed by atoms with E-state index in [4.69, 9.17) is 4.99 Å². The van der Waals surface area contributed by atoms with Gasteiger partial charge < -0.3 is 10.6 Å². The van der Waals surface area contributed by atoms with E-state index >= 15 is 0 Å². The zero-order chi connectivity index (χ0) is 27.0. The number of pyridine rings is 1. The van der Waals surface area contributed by atoms with Gasteiger partial charge in [0.1, 0.15) is 17.3 Å². The van der Waals surface area contributed by atoms with Gasteiger partial charge in [0.2, 0.25) is 0 Å². The third kappa shape index (κ3) is 8.51. The molecule has 2 atom stereocenters. The Hall–Kier alpha value is -3.02. The molecule has 1 heterocycles. The van der Waals surface area contributed by atoms with Crippen LogP contribution in [0.2, 0.25) is 0 Å². The number of hydrogen-bond acceptors (Lipinski definition) is 4. The highest BCUT2D eigenvalue weighted by Crippen LogP contribution is 2.49. The van der Waals surface area contributed by atoms with E-state index in [-0.39, 0.29) is 17.8 Å². The fourth-order valence-electron chi connectivity index (χ4n) is 4.44. The molecular weight excluding hydrogens is 466 g/mol. The standard InChI is InChI=1S/C31H42F2N4/c1-7-18-35-30(22(4)23(5)36-21(2)3)37-29(16-12-24-10-14-26(32)15-11-24)27-9-8-19-34-28(27)17-13-25-20-31(25,6)33/h8-11,14-15,19,21,25,35-36H,5,7,12-13,16-18,20H2,1-4,6H3/b30-22+,37-29?. The average Bonchev–Trinajstić information content (AvgIpc) is 3.48. The van der Waals surface area contributed by atoms with Crippen LogP contribution in [-0.4, -0.2) is 29.0 Å². The van der Waals surface area contributed by atoms with Crippen molar-refractivity contribution in [2.24, 2.45) is 10.9 Å². The van der Waals surface area contributed by atoms with E-state index in [1.807, 2.05) is 25.1 Å². The van der Waals surface area contributed by atoms with Crippen LogP contribution in [0.15, 0.2) is 71.3 Å². The molecule has 0 spiro atoms. The molecule has 0 radical (unpaired) electrons. The van der Waals surface area contributed by atoms with Crippen LogP contribution in [0.1, 0.15) is 77.1 Å². The minimum absolute atomic E-state index is 0.0938. The molecule has 1 aliphatic rings. The van der Waals surface area contributed by atoms with Gasteiger partial charge in [0.05, 0.1) is 5.71 Å². The maximum absolute atomic E-state index is 14.2. The van der Waals surface area contributed by atoms with Gasteiger partial charge in [-0.3, -0.25) is 4.98 Å². The van der Waals surface area contributed by atoms with Crippen LogP contribution in [0.5, 0.6) is 0 Å². The monoisotopic (exact) mass is 508 g/mol. The number of alkyl halides is 1. The number of aliphatic imine (C=N–C) groups is 1. The van der Waals surface area contributed by atoms with Gasteiger partial charge in [0, 0.05) is 41.3 Å². The first-order chi connectivity index (χ1) is 17.6. The van der Waals surface area contributed by atoms with E-state index in [0.29, 0.717) is 25.7 Å². The molecule has 200 valence electrons. The smallest absolute Gasteiger partial charge is 0.131 e. The lowest BCUT2D eigenvalue weighted by molar-refractivity contribution is 0.303. The van der Waals surface area contributed by atoms with Crippen molar-refractivity contribution in [1.29, 1.82) is 0 Å². The van der Waals surface area contributed by atoms with E-state index < -0.39 is 5.67 Å². The molecule has 2 aromatic rings. The molecule has 3 rings (SSSR count). The number of aryl methyl sites for hydroxylation is 2. The van der Waals surface area contributed by atoms with Crippen molar-refractivity contribution >= 4 is 5.71 Å². The van der Waals surface area contributed by atoms with E-state index in [1.165, 1.54) is 12.1 Å². The predicted molar refractivity (Wildman–Crippen MR) is 150 cm³/mol. The van der Waals surface area contributed by atoms with Crippen molar-refractivity contribution < 1.29 is 8.78 Å². The third-order valence-corrected chi connectivity index (χ3v) is 6.89. The van der Waals surface area contributed by atoms with Gasteiger partial charge in [0.25, 0.3) is 0 Å². The molecule has 2 unspecified atom stereocenters. The topological polar surface area (TPSA) is 49.3 Å². The fraction of sp³-hybridized carbons (Fsp3) is 0.484. The summed E-state index contributed by atoms with van der Waals surface area (Å²) in [4.78, 5) is 9.86. The van der Waals surface area contributed by atoms with Crippen molar-refractivity contribution in [3.8, 4) is 0 Å². The highest BCUT2D eigenvalue weighted by Gasteiger charge is 2.50. The molecule has 0 saturated heterocycles. The van der Waals surface area contributed by atoms with Gasteiger partial charge in [-0.25, -0.2) is 13.8 Å². The van der Waals surface area contributed by atoms with E-state index in [0.717, 1.165) is 59.0 Å². The summed E-state index contributed by atoms with van der Waals surface area (Å²) in [7, 11) is 0. The average molecular weight is 509 g/mol. The van der Waals surface area contributed by atoms with Crippen LogP contribution >= 0.6 is 0 Å². The lowest BCUT2D eigenvalue weighted by Crippen LogP contribution is -2.25. The van der Waals surface area contributed by atoms with Gasteiger partial charge in [-0.2, -0.15) is 0 Å². The molecule has 0 bridgehead atoms. The van der Waals surface area contributed by atoms with Gasteiger partial charge in [-0.15, -0.1) is 0 Å². The quantitative estimate of drug-likeness (QED) is 0.212.